The molecule has 0 radical (unpaired) electrons. The van der Waals surface area contributed by atoms with Crippen LogP contribution in [-0.4, -0.2) is 30.6 Å². The molecule has 1 unspecified atom stereocenters. The highest BCUT2D eigenvalue weighted by molar-refractivity contribution is 5.29. The molecule has 0 aromatic heterocycles. The average molecular weight is 258 g/mol. The Balaban J connectivity index is 1.48. The lowest BCUT2D eigenvalue weighted by molar-refractivity contribution is 0.260. The molecular weight excluding hydrogens is 232 g/mol. The minimum Gasteiger partial charge on any atom is -0.311 e. The van der Waals surface area contributed by atoms with E-state index in [1.807, 2.05) is 0 Å². The van der Waals surface area contributed by atoms with Gasteiger partial charge in [0.15, 0.2) is 0 Å². The van der Waals surface area contributed by atoms with Crippen LogP contribution in [0, 0.1) is 0 Å². The summed E-state index contributed by atoms with van der Waals surface area (Å²) >= 11 is 0. The summed E-state index contributed by atoms with van der Waals surface area (Å²) in [6.07, 6.45) is 5.52. The Bertz CT molecular complexity index is 411. The van der Waals surface area contributed by atoms with Crippen LogP contribution in [0.3, 0.4) is 0 Å². The van der Waals surface area contributed by atoms with E-state index in [9.17, 15) is 0 Å². The molecule has 19 heavy (non-hydrogen) atoms. The highest BCUT2D eigenvalue weighted by Crippen LogP contribution is 2.40. The summed E-state index contributed by atoms with van der Waals surface area (Å²) in [4.78, 5) is 2.60. The fourth-order valence-corrected chi connectivity index (χ4v) is 3.30. The number of hydrogen-bond donors (Lipinski definition) is 1. The molecule has 1 N–H and O–H groups in total. The normalized spacial score (nSPS) is 23.9. The van der Waals surface area contributed by atoms with Crippen molar-refractivity contribution in [2.75, 3.05) is 19.6 Å². The van der Waals surface area contributed by atoms with E-state index in [0.29, 0.717) is 0 Å². The standard InChI is InChI=1S/C17H26N2/c1-2-19-10-4-7-17(19)13-18-12-14-5-3-6-16(11-14)15-8-9-15/h3,5-6,11,15,17-18H,2,4,7-10,12-13H2,1H3. The zero-order valence-electron chi connectivity index (χ0n) is 12.1. The van der Waals surface area contributed by atoms with E-state index < -0.39 is 0 Å². The van der Waals surface area contributed by atoms with Crippen LogP contribution in [0.5, 0.6) is 0 Å². The van der Waals surface area contributed by atoms with E-state index in [2.05, 4.69) is 41.4 Å². The molecule has 2 nitrogen and oxygen atoms in total. The maximum absolute atomic E-state index is 3.65. The average Bonchev–Trinajstić information content (AvgIpc) is 3.20. The first kappa shape index (κ1) is 13.1. The summed E-state index contributed by atoms with van der Waals surface area (Å²) in [7, 11) is 0. The number of likely N-dealkylation sites (N-methyl/N-ethyl adjacent to an activating group) is 1. The molecule has 1 heterocycles. The number of hydrogen-bond acceptors (Lipinski definition) is 2. The van der Waals surface area contributed by atoms with Crippen LogP contribution in [0.1, 0.15) is 49.7 Å². The third kappa shape index (κ3) is 3.37. The number of rotatable bonds is 6. The molecule has 0 bridgehead atoms. The molecule has 1 aromatic rings. The highest BCUT2D eigenvalue weighted by Gasteiger charge is 2.24. The van der Waals surface area contributed by atoms with Crippen molar-refractivity contribution >= 4 is 0 Å². The fraction of sp³-hybridized carbons (Fsp3) is 0.647. The first-order valence-electron chi connectivity index (χ1n) is 7.90. The minimum atomic E-state index is 0.761. The van der Waals surface area contributed by atoms with Gasteiger partial charge in [0, 0.05) is 19.1 Å². The lowest BCUT2D eigenvalue weighted by atomic mass is 10.1. The largest absolute Gasteiger partial charge is 0.311 e. The fourth-order valence-electron chi connectivity index (χ4n) is 3.30. The lowest BCUT2D eigenvalue weighted by Crippen LogP contribution is -2.37. The van der Waals surface area contributed by atoms with Crippen LogP contribution in [0.2, 0.25) is 0 Å². The zero-order chi connectivity index (χ0) is 13.1. The maximum atomic E-state index is 3.65. The molecule has 104 valence electrons. The topological polar surface area (TPSA) is 15.3 Å². The molecule has 1 aliphatic heterocycles. The van der Waals surface area contributed by atoms with Crippen LogP contribution in [-0.2, 0) is 6.54 Å². The van der Waals surface area contributed by atoms with Crippen molar-refractivity contribution in [3.8, 4) is 0 Å². The number of benzene rings is 1. The Morgan fingerprint density at radius 3 is 2.95 bits per heavy atom. The molecule has 1 aliphatic carbocycles. The molecule has 1 atom stereocenters. The van der Waals surface area contributed by atoms with E-state index in [1.165, 1.54) is 44.3 Å². The predicted octanol–water partition coefficient (Wildman–Crippen LogP) is 3.14. The van der Waals surface area contributed by atoms with Crippen LogP contribution in [0.4, 0.5) is 0 Å². The molecule has 2 heteroatoms. The van der Waals surface area contributed by atoms with Crippen molar-refractivity contribution in [2.45, 2.75) is 51.1 Å². The maximum Gasteiger partial charge on any atom is 0.0221 e. The first-order valence-corrected chi connectivity index (χ1v) is 7.90. The Morgan fingerprint density at radius 1 is 1.26 bits per heavy atom. The quantitative estimate of drug-likeness (QED) is 0.843. The first-order chi connectivity index (χ1) is 9.36. The van der Waals surface area contributed by atoms with E-state index in [1.54, 1.807) is 5.56 Å². The Hall–Kier alpha value is -0.860. The van der Waals surface area contributed by atoms with Crippen molar-refractivity contribution in [1.29, 1.82) is 0 Å². The van der Waals surface area contributed by atoms with Crippen molar-refractivity contribution in [3.63, 3.8) is 0 Å². The van der Waals surface area contributed by atoms with E-state index in [-0.39, 0.29) is 0 Å². The van der Waals surface area contributed by atoms with Crippen LogP contribution < -0.4 is 5.32 Å². The number of nitrogens with zero attached hydrogens (tertiary/aromatic N) is 1. The van der Waals surface area contributed by atoms with Gasteiger partial charge in [-0.1, -0.05) is 31.2 Å². The molecule has 1 aromatic carbocycles. The number of nitrogens with one attached hydrogen (secondary N) is 1. The third-order valence-corrected chi connectivity index (χ3v) is 4.61. The summed E-state index contributed by atoms with van der Waals surface area (Å²) in [6.45, 7) is 6.93. The van der Waals surface area contributed by atoms with Crippen LogP contribution >= 0.6 is 0 Å². The van der Waals surface area contributed by atoms with Gasteiger partial charge in [0.1, 0.15) is 0 Å². The second-order valence-electron chi connectivity index (χ2n) is 6.07. The molecule has 0 spiro atoms. The van der Waals surface area contributed by atoms with Gasteiger partial charge in [-0.25, -0.2) is 0 Å². The summed E-state index contributed by atoms with van der Waals surface area (Å²) in [6, 6.07) is 9.92. The summed E-state index contributed by atoms with van der Waals surface area (Å²) < 4.78 is 0. The third-order valence-electron chi connectivity index (χ3n) is 4.61. The Kier molecular flexibility index (Phi) is 4.19. The minimum absolute atomic E-state index is 0.761. The molecule has 2 aliphatic rings. The van der Waals surface area contributed by atoms with Gasteiger partial charge in [0.05, 0.1) is 0 Å². The molecule has 1 saturated carbocycles. The van der Waals surface area contributed by atoms with Crippen molar-refractivity contribution in [1.82, 2.24) is 10.2 Å². The second kappa shape index (κ2) is 6.06. The SMILES string of the molecule is CCN1CCCC1CNCc1cccc(C2CC2)c1. The van der Waals surface area contributed by atoms with Gasteiger partial charge in [-0.2, -0.15) is 0 Å². The van der Waals surface area contributed by atoms with Crippen molar-refractivity contribution in [2.24, 2.45) is 0 Å². The summed E-state index contributed by atoms with van der Waals surface area (Å²) in [5.74, 6) is 0.866. The molecule has 3 rings (SSSR count). The molecule has 0 amide bonds. The van der Waals surface area contributed by atoms with Crippen LogP contribution in [0.25, 0.3) is 0 Å². The summed E-state index contributed by atoms with van der Waals surface area (Å²) in [5, 5.41) is 3.65. The van der Waals surface area contributed by atoms with Gasteiger partial charge < -0.3 is 5.32 Å². The zero-order valence-corrected chi connectivity index (χ0v) is 12.1. The smallest absolute Gasteiger partial charge is 0.0221 e. The van der Waals surface area contributed by atoms with Gasteiger partial charge in [0.25, 0.3) is 0 Å². The second-order valence-corrected chi connectivity index (χ2v) is 6.07. The van der Waals surface area contributed by atoms with Gasteiger partial charge in [0.2, 0.25) is 0 Å². The van der Waals surface area contributed by atoms with E-state index in [0.717, 1.165) is 25.0 Å². The van der Waals surface area contributed by atoms with Crippen molar-refractivity contribution < 1.29 is 0 Å². The Labute approximate surface area is 117 Å². The van der Waals surface area contributed by atoms with Gasteiger partial charge in [-0.05, 0) is 55.8 Å². The molecule has 2 fully saturated rings. The predicted molar refractivity (Wildman–Crippen MR) is 80.4 cm³/mol. The van der Waals surface area contributed by atoms with E-state index in [4.69, 9.17) is 0 Å². The van der Waals surface area contributed by atoms with Crippen LogP contribution in [0.15, 0.2) is 24.3 Å². The summed E-state index contributed by atoms with van der Waals surface area (Å²) in [5.41, 5.74) is 3.00. The lowest BCUT2D eigenvalue weighted by Gasteiger charge is -2.23. The highest BCUT2D eigenvalue weighted by atomic mass is 15.2. The van der Waals surface area contributed by atoms with Gasteiger partial charge in [-0.3, -0.25) is 4.90 Å². The van der Waals surface area contributed by atoms with Crippen molar-refractivity contribution in [3.05, 3.63) is 35.4 Å². The molecular formula is C17H26N2. The van der Waals surface area contributed by atoms with Gasteiger partial charge in [-0.15, -0.1) is 0 Å². The van der Waals surface area contributed by atoms with Gasteiger partial charge >= 0.3 is 0 Å². The molecule has 1 saturated heterocycles. The monoisotopic (exact) mass is 258 g/mol. The Morgan fingerprint density at radius 2 is 2.16 bits per heavy atom. The number of likely N-dealkylation sites (tertiary alicyclic amines) is 1. The van der Waals surface area contributed by atoms with E-state index >= 15 is 0 Å².